The second kappa shape index (κ2) is 6.10. The lowest BCUT2D eigenvalue weighted by Gasteiger charge is -2.56. The van der Waals surface area contributed by atoms with E-state index in [1.807, 2.05) is 6.08 Å². The number of carboxylic acid groups (broad SMARTS) is 2. The third kappa shape index (κ3) is 2.28. The molecule has 160 valence electrons. The fourth-order valence-electron chi connectivity index (χ4n) is 7.67. The molecule has 2 fully saturated rings. The van der Waals surface area contributed by atoms with Crippen molar-refractivity contribution in [3.8, 4) is 5.75 Å². The molecule has 0 aliphatic heterocycles. The lowest BCUT2D eigenvalue weighted by atomic mass is 9.47. The highest BCUT2D eigenvalue weighted by atomic mass is 16.4. The molecule has 0 amide bonds. The third-order valence-corrected chi connectivity index (χ3v) is 9.07. The summed E-state index contributed by atoms with van der Waals surface area (Å²) in [5, 5.41) is 40.7. The SMILES string of the molecule is C[C@]12CC[C@@H]3c4c(cc(O)c(CC(=O)O)c4CC(=O)O)CC[C@H]3[C@@]13C=C[C@@]2(O)CC3. The topological polar surface area (TPSA) is 115 Å². The molecular weight excluding hydrogens is 384 g/mol. The summed E-state index contributed by atoms with van der Waals surface area (Å²) in [4.78, 5) is 23.1. The number of fused-ring (bicyclic) bond motifs is 3. The number of aryl methyl sites for hydroxylation is 1. The first-order chi connectivity index (χ1) is 14.1. The quantitative estimate of drug-likeness (QED) is 0.565. The van der Waals surface area contributed by atoms with Crippen molar-refractivity contribution < 1.29 is 30.0 Å². The summed E-state index contributed by atoms with van der Waals surface area (Å²) < 4.78 is 0. The average Bonchev–Trinajstić information content (AvgIpc) is 3.04. The molecule has 30 heavy (non-hydrogen) atoms. The molecule has 6 nitrogen and oxygen atoms in total. The molecule has 0 heterocycles. The van der Waals surface area contributed by atoms with Gasteiger partial charge in [0.15, 0.2) is 0 Å². The maximum absolute atomic E-state index is 11.7. The summed E-state index contributed by atoms with van der Waals surface area (Å²) in [7, 11) is 0. The van der Waals surface area contributed by atoms with Gasteiger partial charge < -0.3 is 20.4 Å². The molecule has 4 aliphatic carbocycles. The average molecular weight is 412 g/mol. The van der Waals surface area contributed by atoms with Gasteiger partial charge in [0.05, 0.1) is 18.4 Å². The number of hydrogen-bond donors (Lipinski definition) is 4. The number of benzene rings is 1. The van der Waals surface area contributed by atoms with Crippen molar-refractivity contribution in [2.75, 3.05) is 0 Å². The van der Waals surface area contributed by atoms with Gasteiger partial charge in [0, 0.05) is 16.4 Å². The van der Waals surface area contributed by atoms with Gasteiger partial charge in [-0.2, -0.15) is 0 Å². The molecule has 5 atom stereocenters. The Balaban J connectivity index is 1.67. The number of aromatic hydroxyl groups is 1. The Kier molecular flexibility index (Phi) is 3.99. The first-order valence-corrected chi connectivity index (χ1v) is 10.8. The van der Waals surface area contributed by atoms with Gasteiger partial charge in [-0.1, -0.05) is 19.1 Å². The van der Waals surface area contributed by atoms with E-state index in [0.717, 1.165) is 49.7 Å². The fraction of sp³-hybridized carbons (Fsp3) is 0.583. The van der Waals surface area contributed by atoms with Gasteiger partial charge in [-0.25, -0.2) is 0 Å². The maximum Gasteiger partial charge on any atom is 0.307 e. The first-order valence-electron chi connectivity index (χ1n) is 10.8. The van der Waals surface area contributed by atoms with Gasteiger partial charge in [-0.05, 0) is 73.1 Å². The minimum absolute atomic E-state index is 0.103. The standard InChI is InChI=1S/C24H28O6/c1-22-5-4-14-17(23(22)6-8-24(22,30)9-7-23)3-2-13-10-18(25)15(11-19(26)27)16(21(13)14)12-20(28)29/h6,8,10,14,17,25,30H,2-5,7,9,11-12H2,1H3,(H,26,27)(H,28,29)/t14-,17+,22-,23-,24+/m0/s1. The zero-order valence-electron chi connectivity index (χ0n) is 17.1. The Morgan fingerprint density at radius 3 is 2.37 bits per heavy atom. The summed E-state index contributed by atoms with van der Waals surface area (Å²) in [6.07, 6.45) is 8.59. The number of phenolic OH excluding ortho intramolecular Hbond substituents is 1. The van der Waals surface area contributed by atoms with Crippen LogP contribution in [0.5, 0.6) is 5.75 Å². The monoisotopic (exact) mass is 412 g/mol. The minimum Gasteiger partial charge on any atom is -0.508 e. The molecule has 1 aromatic carbocycles. The molecule has 0 unspecified atom stereocenters. The van der Waals surface area contributed by atoms with Crippen LogP contribution in [0.2, 0.25) is 0 Å². The number of carbonyl (C=O) groups is 2. The highest BCUT2D eigenvalue weighted by molar-refractivity contribution is 5.77. The fourth-order valence-corrected chi connectivity index (χ4v) is 7.67. The van der Waals surface area contributed by atoms with E-state index in [2.05, 4.69) is 13.0 Å². The Morgan fingerprint density at radius 1 is 1.03 bits per heavy atom. The van der Waals surface area contributed by atoms with Crippen molar-refractivity contribution in [3.63, 3.8) is 0 Å². The molecule has 0 spiro atoms. The van der Waals surface area contributed by atoms with E-state index in [-0.39, 0.29) is 46.8 Å². The second-order valence-corrected chi connectivity index (χ2v) is 9.99. The summed E-state index contributed by atoms with van der Waals surface area (Å²) >= 11 is 0. The van der Waals surface area contributed by atoms with Crippen molar-refractivity contribution in [1.29, 1.82) is 0 Å². The summed E-state index contributed by atoms with van der Waals surface area (Å²) in [5.41, 5.74) is 1.57. The molecule has 2 bridgehead atoms. The zero-order valence-corrected chi connectivity index (χ0v) is 17.1. The predicted molar refractivity (Wildman–Crippen MR) is 108 cm³/mol. The molecule has 4 N–H and O–H groups in total. The van der Waals surface area contributed by atoms with E-state index in [9.17, 15) is 30.0 Å². The highest BCUT2D eigenvalue weighted by Gasteiger charge is 2.71. The highest BCUT2D eigenvalue weighted by Crippen LogP contribution is 2.75. The first kappa shape index (κ1) is 19.6. The molecule has 0 aromatic heterocycles. The summed E-state index contributed by atoms with van der Waals surface area (Å²) in [5.74, 6) is -1.81. The van der Waals surface area contributed by atoms with Gasteiger partial charge in [-0.15, -0.1) is 0 Å². The van der Waals surface area contributed by atoms with E-state index in [0.29, 0.717) is 5.56 Å². The van der Waals surface area contributed by atoms with Crippen LogP contribution in [0, 0.1) is 16.7 Å². The van der Waals surface area contributed by atoms with Crippen molar-refractivity contribution in [1.82, 2.24) is 0 Å². The van der Waals surface area contributed by atoms with Gasteiger partial charge in [0.2, 0.25) is 0 Å². The number of aliphatic carboxylic acids is 2. The second-order valence-electron chi connectivity index (χ2n) is 9.99. The number of phenols is 1. The van der Waals surface area contributed by atoms with Gasteiger partial charge in [0.25, 0.3) is 0 Å². The lowest BCUT2D eigenvalue weighted by molar-refractivity contribution is -0.137. The van der Waals surface area contributed by atoms with E-state index in [4.69, 9.17) is 0 Å². The van der Waals surface area contributed by atoms with Crippen LogP contribution in [0.4, 0.5) is 0 Å². The third-order valence-electron chi connectivity index (χ3n) is 9.07. The van der Waals surface area contributed by atoms with Crippen LogP contribution in [0.1, 0.15) is 67.2 Å². The van der Waals surface area contributed by atoms with Crippen LogP contribution in [0.3, 0.4) is 0 Å². The van der Waals surface area contributed by atoms with Crippen LogP contribution in [0.15, 0.2) is 18.2 Å². The largest absolute Gasteiger partial charge is 0.508 e. The van der Waals surface area contributed by atoms with Crippen LogP contribution in [0.25, 0.3) is 0 Å². The van der Waals surface area contributed by atoms with Gasteiger partial charge in [0.1, 0.15) is 5.75 Å². The number of allylic oxidation sites excluding steroid dienone is 1. The van der Waals surface area contributed by atoms with Crippen LogP contribution >= 0.6 is 0 Å². The van der Waals surface area contributed by atoms with E-state index in [1.165, 1.54) is 0 Å². The molecule has 0 radical (unpaired) electrons. The van der Waals surface area contributed by atoms with Crippen molar-refractivity contribution >= 4 is 11.9 Å². The molecule has 2 saturated carbocycles. The summed E-state index contributed by atoms with van der Waals surface area (Å²) in [6, 6.07) is 1.66. The van der Waals surface area contributed by atoms with Gasteiger partial charge in [-0.3, -0.25) is 9.59 Å². The van der Waals surface area contributed by atoms with Crippen LogP contribution in [-0.4, -0.2) is 38.0 Å². The smallest absolute Gasteiger partial charge is 0.307 e. The van der Waals surface area contributed by atoms with Crippen LogP contribution in [-0.2, 0) is 28.9 Å². The Labute approximate surface area is 175 Å². The van der Waals surface area contributed by atoms with E-state index < -0.39 is 17.5 Å². The van der Waals surface area contributed by atoms with Crippen molar-refractivity contribution in [2.45, 2.75) is 69.8 Å². The van der Waals surface area contributed by atoms with Crippen LogP contribution < -0.4 is 0 Å². The molecular formula is C24H28O6. The molecule has 1 aromatic rings. The van der Waals surface area contributed by atoms with Crippen molar-refractivity contribution in [2.24, 2.45) is 16.7 Å². The number of hydrogen-bond acceptors (Lipinski definition) is 4. The predicted octanol–water partition coefficient (Wildman–Crippen LogP) is 3.17. The van der Waals surface area contributed by atoms with Crippen molar-refractivity contribution in [3.05, 3.63) is 40.5 Å². The normalized spacial score (nSPS) is 38.1. The molecule has 5 rings (SSSR count). The van der Waals surface area contributed by atoms with E-state index >= 15 is 0 Å². The molecule has 6 heteroatoms. The van der Waals surface area contributed by atoms with Gasteiger partial charge >= 0.3 is 11.9 Å². The summed E-state index contributed by atoms with van der Waals surface area (Å²) in [6.45, 7) is 2.20. The lowest BCUT2D eigenvalue weighted by Crippen LogP contribution is -2.52. The Hall–Kier alpha value is -2.34. The number of carboxylic acids is 2. The van der Waals surface area contributed by atoms with E-state index in [1.54, 1.807) is 6.07 Å². The molecule has 0 saturated heterocycles. The Morgan fingerprint density at radius 2 is 1.73 bits per heavy atom. The minimum atomic E-state index is -1.08. The Bertz CT molecular complexity index is 996. The number of aliphatic hydroxyl groups is 1. The number of rotatable bonds is 4. The zero-order chi connectivity index (χ0) is 21.5. The molecule has 4 aliphatic rings. The maximum atomic E-state index is 11.7.